The Balaban J connectivity index is 2.31. The molecular weight excluding hydrogens is 278 g/mol. The molecule has 18 heavy (non-hydrogen) atoms. The lowest BCUT2D eigenvalue weighted by molar-refractivity contribution is 0.0697. The van der Waals surface area contributed by atoms with Gasteiger partial charge in [0, 0.05) is 18.5 Å². The van der Waals surface area contributed by atoms with E-state index in [1.54, 1.807) is 7.05 Å². The Morgan fingerprint density at radius 1 is 1.56 bits per heavy atom. The highest BCUT2D eigenvalue weighted by Gasteiger charge is 2.19. The molecule has 0 aliphatic rings. The van der Waals surface area contributed by atoms with Gasteiger partial charge in [-0.3, -0.25) is 9.40 Å². The lowest BCUT2D eigenvalue weighted by Gasteiger charge is -2.05. The largest absolute Gasteiger partial charge is 0.478 e. The number of carbonyl (C=O) groups is 1. The standard InChI is InChI=1S/C9H9N3O4S2/c1-12-7(2-3-10-12)11-18(15,16)8-4-6(5-17-8)9(13)14/h2-5,11H,1H3,(H,13,14). The minimum absolute atomic E-state index is 0.0506. The molecule has 7 nitrogen and oxygen atoms in total. The van der Waals surface area contributed by atoms with Gasteiger partial charge >= 0.3 is 5.97 Å². The Hall–Kier alpha value is -1.87. The normalized spacial score (nSPS) is 11.4. The topological polar surface area (TPSA) is 101 Å². The van der Waals surface area contributed by atoms with Crippen LogP contribution in [0.25, 0.3) is 0 Å². The van der Waals surface area contributed by atoms with Gasteiger partial charge in [-0.25, -0.2) is 13.2 Å². The Morgan fingerprint density at radius 2 is 2.28 bits per heavy atom. The molecule has 0 atom stereocenters. The van der Waals surface area contributed by atoms with E-state index in [9.17, 15) is 13.2 Å². The molecule has 0 bridgehead atoms. The molecule has 2 rings (SSSR count). The van der Waals surface area contributed by atoms with Gasteiger partial charge in [-0.1, -0.05) is 0 Å². The molecule has 2 aromatic heterocycles. The number of aryl methyl sites for hydroxylation is 1. The molecule has 2 N–H and O–H groups in total. The van der Waals surface area contributed by atoms with Crippen molar-refractivity contribution in [3.8, 4) is 0 Å². The minimum atomic E-state index is -3.77. The van der Waals surface area contributed by atoms with Gasteiger partial charge in [0.05, 0.1) is 11.8 Å². The van der Waals surface area contributed by atoms with Gasteiger partial charge in [0.1, 0.15) is 10.0 Å². The summed E-state index contributed by atoms with van der Waals surface area (Å²) in [6, 6.07) is 2.62. The number of thiophene rings is 1. The van der Waals surface area contributed by atoms with Gasteiger partial charge in [0.15, 0.2) is 0 Å². The van der Waals surface area contributed by atoms with E-state index in [4.69, 9.17) is 5.11 Å². The SMILES string of the molecule is Cn1nccc1NS(=O)(=O)c1cc(C(=O)O)cs1. The van der Waals surface area contributed by atoms with Gasteiger partial charge in [-0.2, -0.15) is 5.10 Å². The number of sulfonamides is 1. The maximum Gasteiger partial charge on any atom is 0.336 e. The first-order valence-corrected chi connectivity index (χ1v) is 7.09. The molecule has 0 radical (unpaired) electrons. The average molecular weight is 287 g/mol. The number of hydrogen-bond donors (Lipinski definition) is 2. The Morgan fingerprint density at radius 3 is 2.78 bits per heavy atom. The number of anilines is 1. The number of nitrogens with zero attached hydrogens (tertiary/aromatic N) is 2. The number of aromatic carboxylic acids is 1. The van der Waals surface area contributed by atoms with E-state index < -0.39 is 16.0 Å². The molecule has 2 heterocycles. The monoisotopic (exact) mass is 287 g/mol. The molecule has 0 aliphatic heterocycles. The second-order valence-electron chi connectivity index (χ2n) is 3.41. The maximum atomic E-state index is 12.0. The Bertz CT molecular complexity index is 686. The van der Waals surface area contributed by atoms with Crippen LogP contribution in [0.1, 0.15) is 10.4 Å². The summed E-state index contributed by atoms with van der Waals surface area (Å²) in [7, 11) is -2.18. The molecule has 0 aromatic carbocycles. The van der Waals surface area contributed by atoms with Crippen LogP contribution >= 0.6 is 11.3 Å². The first kappa shape index (κ1) is 12.6. The summed E-state index contributed by atoms with van der Waals surface area (Å²) in [6.07, 6.45) is 1.45. The zero-order valence-electron chi connectivity index (χ0n) is 9.19. The molecule has 0 saturated heterocycles. The summed E-state index contributed by atoms with van der Waals surface area (Å²) in [6.45, 7) is 0. The Labute approximate surface area is 107 Å². The van der Waals surface area contributed by atoms with Crippen molar-refractivity contribution < 1.29 is 18.3 Å². The molecule has 96 valence electrons. The maximum absolute atomic E-state index is 12.0. The second-order valence-corrected chi connectivity index (χ2v) is 6.23. The van der Waals surface area contributed by atoms with Crippen LogP contribution in [-0.2, 0) is 17.1 Å². The van der Waals surface area contributed by atoms with Crippen molar-refractivity contribution in [1.29, 1.82) is 0 Å². The van der Waals surface area contributed by atoms with Crippen molar-refractivity contribution in [3.05, 3.63) is 29.3 Å². The highest BCUT2D eigenvalue weighted by molar-refractivity contribution is 7.94. The molecular formula is C9H9N3O4S2. The summed E-state index contributed by atoms with van der Waals surface area (Å²) < 4.78 is 27.5. The summed E-state index contributed by atoms with van der Waals surface area (Å²) in [5.74, 6) is -0.853. The highest BCUT2D eigenvalue weighted by atomic mass is 32.2. The number of carboxylic acids is 1. The molecule has 0 amide bonds. The van der Waals surface area contributed by atoms with Crippen molar-refractivity contribution in [2.75, 3.05) is 4.72 Å². The lowest BCUT2D eigenvalue weighted by Crippen LogP contribution is -2.14. The third-order valence-corrected chi connectivity index (χ3v) is 4.94. The van der Waals surface area contributed by atoms with Crippen molar-refractivity contribution in [2.45, 2.75) is 4.21 Å². The van der Waals surface area contributed by atoms with E-state index in [0.29, 0.717) is 5.82 Å². The highest BCUT2D eigenvalue weighted by Crippen LogP contribution is 2.22. The van der Waals surface area contributed by atoms with Crippen LogP contribution in [0.15, 0.2) is 27.9 Å². The molecule has 0 fully saturated rings. The van der Waals surface area contributed by atoms with Crippen LogP contribution in [-0.4, -0.2) is 29.3 Å². The van der Waals surface area contributed by atoms with Crippen molar-refractivity contribution in [1.82, 2.24) is 9.78 Å². The van der Waals surface area contributed by atoms with Gasteiger partial charge in [0.25, 0.3) is 10.0 Å². The first-order chi connectivity index (χ1) is 8.40. The van der Waals surface area contributed by atoms with Crippen LogP contribution < -0.4 is 4.72 Å². The van der Waals surface area contributed by atoms with Crippen LogP contribution in [0.5, 0.6) is 0 Å². The molecule has 0 aliphatic carbocycles. The van der Waals surface area contributed by atoms with Crippen molar-refractivity contribution in [3.63, 3.8) is 0 Å². The predicted molar refractivity (Wildman–Crippen MR) is 65.3 cm³/mol. The Kier molecular flexibility index (Phi) is 3.09. The van der Waals surface area contributed by atoms with Crippen LogP contribution in [0.2, 0.25) is 0 Å². The number of hydrogen-bond acceptors (Lipinski definition) is 5. The fraction of sp³-hybridized carbons (Fsp3) is 0.111. The van der Waals surface area contributed by atoms with E-state index in [1.165, 1.54) is 22.3 Å². The van der Waals surface area contributed by atoms with E-state index >= 15 is 0 Å². The summed E-state index contributed by atoms with van der Waals surface area (Å²) >= 11 is 0.852. The van der Waals surface area contributed by atoms with Gasteiger partial charge in [-0.05, 0) is 6.07 Å². The molecule has 9 heteroatoms. The minimum Gasteiger partial charge on any atom is -0.478 e. The number of nitrogens with one attached hydrogen (secondary N) is 1. The zero-order valence-corrected chi connectivity index (χ0v) is 10.8. The first-order valence-electron chi connectivity index (χ1n) is 4.73. The smallest absolute Gasteiger partial charge is 0.336 e. The van der Waals surface area contributed by atoms with Crippen LogP contribution in [0, 0.1) is 0 Å². The molecule has 0 saturated carbocycles. The zero-order chi connectivity index (χ0) is 13.3. The third-order valence-electron chi connectivity index (χ3n) is 2.15. The van der Waals surface area contributed by atoms with Crippen LogP contribution in [0.3, 0.4) is 0 Å². The van der Waals surface area contributed by atoms with E-state index in [2.05, 4.69) is 9.82 Å². The van der Waals surface area contributed by atoms with Gasteiger partial charge in [0.2, 0.25) is 0 Å². The average Bonchev–Trinajstić information content (AvgIpc) is 2.88. The molecule has 0 spiro atoms. The fourth-order valence-corrected chi connectivity index (χ4v) is 3.47. The third kappa shape index (κ3) is 2.36. The van der Waals surface area contributed by atoms with Crippen molar-refractivity contribution >= 4 is 33.1 Å². The fourth-order valence-electron chi connectivity index (χ4n) is 1.23. The second kappa shape index (κ2) is 4.42. The van der Waals surface area contributed by atoms with Gasteiger partial charge in [-0.15, -0.1) is 11.3 Å². The number of carboxylic acid groups (broad SMARTS) is 1. The predicted octanol–water partition coefficient (Wildman–Crippen LogP) is 0.981. The molecule has 0 unspecified atom stereocenters. The summed E-state index contributed by atoms with van der Waals surface area (Å²) in [5.41, 5.74) is -0.0506. The van der Waals surface area contributed by atoms with E-state index in [1.807, 2.05) is 0 Å². The quantitative estimate of drug-likeness (QED) is 0.873. The van der Waals surface area contributed by atoms with E-state index in [0.717, 1.165) is 17.4 Å². The lowest BCUT2D eigenvalue weighted by atomic mass is 10.4. The number of aromatic nitrogens is 2. The summed E-state index contributed by atoms with van der Waals surface area (Å²) in [4.78, 5) is 10.7. The van der Waals surface area contributed by atoms with E-state index in [-0.39, 0.29) is 9.77 Å². The summed E-state index contributed by atoms with van der Waals surface area (Å²) in [5, 5.41) is 13.8. The van der Waals surface area contributed by atoms with Crippen molar-refractivity contribution in [2.24, 2.45) is 7.05 Å². The molecule has 2 aromatic rings. The number of rotatable bonds is 4. The van der Waals surface area contributed by atoms with Gasteiger partial charge < -0.3 is 5.11 Å². The van der Waals surface area contributed by atoms with Crippen LogP contribution in [0.4, 0.5) is 5.82 Å².